The second-order valence-electron chi connectivity index (χ2n) is 4.26. The first-order valence-electron chi connectivity index (χ1n) is 5.79. The van der Waals surface area contributed by atoms with Crippen LogP contribution in [0.5, 0.6) is 0 Å². The third kappa shape index (κ3) is 1.81. The van der Waals surface area contributed by atoms with E-state index in [4.69, 9.17) is 5.11 Å². The molecule has 0 fully saturated rings. The normalized spacial score (nSPS) is 13.1. The molecular formula is C15H12O2S. The molecule has 0 spiro atoms. The summed E-state index contributed by atoms with van der Waals surface area (Å²) in [5.74, 6) is -0.630. The van der Waals surface area contributed by atoms with E-state index >= 15 is 0 Å². The summed E-state index contributed by atoms with van der Waals surface area (Å²) in [5, 5.41) is 9.00. The fourth-order valence-electron chi connectivity index (χ4n) is 2.44. The molecule has 0 unspecified atom stereocenters. The van der Waals surface area contributed by atoms with Crippen LogP contribution in [0, 0.1) is 0 Å². The summed E-state index contributed by atoms with van der Waals surface area (Å²) < 4.78 is 0. The van der Waals surface area contributed by atoms with E-state index in [1.807, 2.05) is 24.3 Å². The number of benzene rings is 2. The van der Waals surface area contributed by atoms with Crippen molar-refractivity contribution >= 4 is 17.7 Å². The van der Waals surface area contributed by atoms with E-state index < -0.39 is 5.97 Å². The lowest BCUT2D eigenvalue weighted by atomic mass is 10.1. The molecule has 0 amide bonds. The average Bonchev–Trinajstić information content (AvgIpc) is 2.71. The zero-order chi connectivity index (χ0) is 12.5. The van der Waals surface area contributed by atoms with Crippen molar-refractivity contribution in [3.63, 3.8) is 0 Å². The van der Waals surface area contributed by atoms with Gasteiger partial charge in [0.15, 0.2) is 0 Å². The van der Waals surface area contributed by atoms with Gasteiger partial charge in [0.25, 0.3) is 0 Å². The molecule has 0 heterocycles. The minimum absolute atomic E-state index is 0.132. The van der Waals surface area contributed by atoms with Crippen LogP contribution in [0.4, 0.5) is 0 Å². The number of carbonyl (C=O) groups is 1. The van der Waals surface area contributed by atoms with Gasteiger partial charge in [0.1, 0.15) is 0 Å². The lowest BCUT2D eigenvalue weighted by Gasteiger charge is -2.11. The fourth-order valence-corrected chi connectivity index (χ4v) is 3.52. The Morgan fingerprint density at radius 2 is 1.50 bits per heavy atom. The highest BCUT2D eigenvalue weighted by molar-refractivity contribution is 8.00. The number of thioether (sulfide) groups is 1. The molecule has 2 nitrogen and oxygen atoms in total. The van der Waals surface area contributed by atoms with Crippen LogP contribution in [0.3, 0.4) is 0 Å². The highest BCUT2D eigenvalue weighted by Crippen LogP contribution is 2.49. The number of carboxylic acids is 1. The van der Waals surface area contributed by atoms with Gasteiger partial charge in [-0.2, -0.15) is 0 Å². The second kappa shape index (κ2) is 4.50. The van der Waals surface area contributed by atoms with E-state index in [-0.39, 0.29) is 11.0 Å². The predicted octanol–water partition coefficient (Wildman–Crippen LogP) is 3.57. The number of fused-ring (bicyclic) bond motifs is 3. The van der Waals surface area contributed by atoms with Crippen molar-refractivity contribution in [2.24, 2.45) is 0 Å². The molecule has 2 aromatic carbocycles. The lowest BCUT2D eigenvalue weighted by Crippen LogP contribution is -2.01. The molecule has 0 saturated heterocycles. The van der Waals surface area contributed by atoms with Crippen molar-refractivity contribution in [1.29, 1.82) is 0 Å². The molecule has 3 rings (SSSR count). The van der Waals surface area contributed by atoms with Gasteiger partial charge in [0.2, 0.25) is 0 Å². The van der Waals surface area contributed by atoms with Gasteiger partial charge in [-0.05, 0) is 22.3 Å². The Hall–Kier alpha value is -1.74. The number of hydrogen-bond donors (Lipinski definition) is 1. The fraction of sp³-hybridized carbons (Fsp3) is 0.133. The molecule has 0 aromatic heterocycles. The van der Waals surface area contributed by atoms with Crippen molar-refractivity contribution in [1.82, 2.24) is 0 Å². The monoisotopic (exact) mass is 256 g/mol. The molecule has 90 valence electrons. The number of hydrogen-bond acceptors (Lipinski definition) is 2. The van der Waals surface area contributed by atoms with E-state index in [0.717, 1.165) is 0 Å². The molecule has 0 aliphatic heterocycles. The highest BCUT2D eigenvalue weighted by Gasteiger charge is 2.28. The summed E-state index contributed by atoms with van der Waals surface area (Å²) in [6.45, 7) is 0. The van der Waals surface area contributed by atoms with Crippen LogP contribution in [-0.2, 0) is 4.79 Å². The Kier molecular flexibility index (Phi) is 2.84. The van der Waals surface area contributed by atoms with E-state index in [0.29, 0.717) is 0 Å². The second-order valence-corrected chi connectivity index (χ2v) is 5.35. The molecule has 0 bridgehead atoms. The topological polar surface area (TPSA) is 37.3 Å². The first-order chi connectivity index (χ1) is 8.77. The van der Waals surface area contributed by atoms with Crippen molar-refractivity contribution in [3.8, 4) is 11.1 Å². The zero-order valence-corrected chi connectivity index (χ0v) is 10.5. The maximum Gasteiger partial charge on any atom is 0.313 e. The van der Waals surface area contributed by atoms with E-state index in [1.165, 1.54) is 34.0 Å². The van der Waals surface area contributed by atoms with Gasteiger partial charge in [0, 0.05) is 0 Å². The quantitative estimate of drug-likeness (QED) is 0.912. The van der Waals surface area contributed by atoms with E-state index in [2.05, 4.69) is 24.3 Å². The van der Waals surface area contributed by atoms with Crippen molar-refractivity contribution in [2.75, 3.05) is 5.75 Å². The van der Waals surface area contributed by atoms with Gasteiger partial charge in [-0.15, -0.1) is 11.8 Å². The summed E-state index contributed by atoms with van der Waals surface area (Å²) in [6, 6.07) is 16.5. The molecule has 1 aliphatic rings. The molecule has 0 radical (unpaired) electrons. The van der Waals surface area contributed by atoms with Crippen LogP contribution < -0.4 is 0 Å². The third-order valence-corrected chi connectivity index (χ3v) is 4.40. The summed E-state index contributed by atoms with van der Waals surface area (Å²) in [4.78, 5) is 10.8. The minimum atomic E-state index is -0.762. The van der Waals surface area contributed by atoms with Gasteiger partial charge < -0.3 is 5.11 Å². The number of carboxylic acid groups (broad SMARTS) is 1. The Bertz CT molecular complexity index is 561. The van der Waals surface area contributed by atoms with Crippen LogP contribution in [0.2, 0.25) is 0 Å². The largest absolute Gasteiger partial charge is 0.481 e. The Morgan fingerprint density at radius 1 is 1.00 bits per heavy atom. The molecule has 0 atom stereocenters. The minimum Gasteiger partial charge on any atom is -0.481 e. The summed E-state index contributed by atoms with van der Waals surface area (Å²) in [5.41, 5.74) is 4.92. The van der Waals surface area contributed by atoms with Crippen LogP contribution in [0.1, 0.15) is 16.4 Å². The van der Waals surface area contributed by atoms with Crippen LogP contribution in [0.15, 0.2) is 48.5 Å². The van der Waals surface area contributed by atoms with Gasteiger partial charge >= 0.3 is 5.97 Å². The smallest absolute Gasteiger partial charge is 0.313 e. The average molecular weight is 256 g/mol. The lowest BCUT2D eigenvalue weighted by molar-refractivity contribution is -0.133. The molecule has 2 aromatic rings. The van der Waals surface area contributed by atoms with Gasteiger partial charge in [-0.25, -0.2) is 0 Å². The van der Waals surface area contributed by atoms with E-state index in [9.17, 15) is 4.79 Å². The Morgan fingerprint density at radius 3 is 2.00 bits per heavy atom. The summed E-state index contributed by atoms with van der Waals surface area (Å²) in [6.07, 6.45) is 0. The first kappa shape index (κ1) is 11.4. The number of rotatable bonds is 3. The SMILES string of the molecule is O=C(O)CSC1c2ccccc2-c2ccccc21. The van der Waals surface area contributed by atoms with Crippen molar-refractivity contribution in [3.05, 3.63) is 59.7 Å². The predicted molar refractivity (Wildman–Crippen MR) is 73.8 cm³/mol. The zero-order valence-electron chi connectivity index (χ0n) is 9.67. The van der Waals surface area contributed by atoms with Gasteiger partial charge in [-0.1, -0.05) is 48.5 Å². The molecular weight excluding hydrogens is 244 g/mol. The van der Waals surface area contributed by atoms with Crippen LogP contribution in [-0.4, -0.2) is 16.8 Å². The standard InChI is InChI=1S/C15H12O2S/c16-14(17)9-18-15-12-7-3-1-5-10(12)11-6-2-4-8-13(11)15/h1-8,15H,9H2,(H,16,17). The Balaban J connectivity index is 2.06. The molecule has 1 aliphatic carbocycles. The van der Waals surface area contributed by atoms with E-state index in [1.54, 1.807) is 0 Å². The third-order valence-electron chi connectivity index (χ3n) is 3.15. The first-order valence-corrected chi connectivity index (χ1v) is 6.84. The maximum absolute atomic E-state index is 10.8. The maximum atomic E-state index is 10.8. The van der Waals surface area contributed by atoms with Gasteiger partial charge in [-0.3, -0.25) is 4.79 Å². The summed E-state index contributed by atoms with van der Waals surface area (Å²) in [7, 11) is 0. The van der Waals surface area contributed by atoms with Crippen molar-refractivity contribution < 1.29 is 9.90 Å². The van der Waals surface area contributed by atoms with Crippen LogP contribution in [0.25, 0.3) is 11.1 Å². The Labute approximate surface area is 110 Å². The van der Waals surface area contributed by atoms with Gasteiger partial charge in [0.05, 0.1) is 11.0 Å². The molecule has 18 heavy (non-hydrogen) atoms. The molecule has 1 N–H and O–H groups in total. The van der Waals surface area contributed by atoms with Crippen molar-refractivity contribution in [2.45, 2.75) is 5.25 Å². The summed E-state index contributed by atoms with van der Waals surface area (Å²) >= 11 is 1.48. The molecule has 0 saturated carbocycles. The van der Waals surface area contributed by atoms with Crippen LogP contribution >= 0.6 is 11.8 Å². The molecule has 3 heteroatoms. The number of aliphatic carboxylic acids is 1. The highest BCUT2D eigenvalue weighted by atomic mass is 32.2.